The van der Waals surface area contributed by atoms with Crippen molar-refractivity contribution in [1.29, 1.82) is 0 Å². The predicted octanol–water partition coefficient (Wildman–Crippen LogP) is 3.56. The van der Waals surface area contributed by atoms with Gasteiger partial charge in [0.05, 0.1) is 17.7 Å². The van der Waals surface area contributed by atoms with Gasteiger partial charge in [0.25, 0.3) is 0 Å². The summed E-state index contributed by atoms with van der Waals surface area (Å²) < 4.78 is 5.48. The first-order valence-electron chi connectivity index (χ1n) is 10.00. The van der Waals surface area contributed by atoms with E-state index in [0.717, 1.165) is 25.0 Å². The van der Waals surface area contributed by atoms with Crippen molar-refractivity contribution in [2.24, 2.45) is 5.41 Å². The van der Waals surface area contributed by atoms with E-state index in [4.69, 9.17) is 4.52 Å². The summed E-state index contributed by atoms with van der Waals surface area (Å²) in [6.07, 6.45) is 7.90. The first-order valence-corrected chi connectivity index (χ1v) is 10.00. The maximum atomic E-state index is 13.5. The van der Waals surface area contributed by atoms with Crippen LogP contribution in [0, 0.1) is 5.41 Å². The lowest BCUT2D eigenvalue weighted by atomic mass is 9.70. The van der Waals surface area contributed by atoms with Gasteiger partial charge in [0, 0.05) is 31.4 Å². The SMILES string of the molecule is CC(C)=CC[C@@]1(C(=O)N(C)Cc2cc(-c3ccccn3)no2)C[C@@H]2CC[C@H]1N2. The third-order valence-electron chi connectivity index (χ3n) is 6.04. The Morgan fingerprint density at radius 1 is 1.36 bits per heavy atom. The Bertz CT molecular complexity index is 872. The molecule has 2 bridgehead atoms. The predicted molar refractivity (Wildman–Crippen MR) is 107 cm³/mol. The van der Waals surface area contributed by atoms with Crippen LogP contribution in [0.3, 0.4) is 0 Å². The summed E-state index contributed by atoms with van der Waals surface area (Å²) in [5.74, 6) is 0.866. The van der Waals surface area contributed by atoms with E-state index in [2.05, 4.69) is 35.4 Å². The second-order valence-electron chi connectivity index (χ2n) is 8.39. The standard InChI is InChI=1S/C22H28N4O2/c1-15(2)9-10-22(13-16-7-8-20(22)24-16)21(27)26(3)14-17-12-19(25-28-17)18-6-4-5-11-23-18/h4-6,9,11-12,16,20,24H,7-8,10,13-14H2,1-3H3/t16-,20+,22+/m0/s1. The first-order chi connectivity index (χ1) is 13.5. The third-order valence-corrected chi connectivity index (χ3v) is 6.04. The number of nitrogens with zero attached hydrogens (tertiary/aromatic N) is 3. The maximum absolute atomic E-state index is 13.5. The van der Waals surface area contributed by atoms with Gasteiger partial charge in [0.1, 0.15) is 5.69 Å². The van der Waals surface area contributed by atoms with Crippen molar-refractivity contribution in [2.45, 2.75) is 58.2 Å². The second-order valence-corrected chi connectivity index (χ2v) is 8.39. The fourth-order valence-electron chi connectivity index (χ4n) is 4.64. The van der Waals surface area contributed by atoms with Gasteiger partial charge in [0.2, 0.25) is 5.91 Å². The molecule has 0 spiro atoms. The zero-order valence-corrected chi connectivity index (χ0v) is 16.8. The molecule has 6 heteroatoms. The lowest BCUT2D eigenvalue weighted by molar-refractivity contribution is -0.142. The summed E-state index contributed by atoms with van der Waals surface area (Å²) >= 11 is 0. The number of carbonyl (C=O) groups excluding carboxylic acids is 1. The third kappa shape index (κ3) is 3.49. The molecule has 2 aromatic rings. The number of nitrogens with one attached hydrogen (secondary N) is 1. The van der Waals surface area contributed by atoms with Crippen LogP contribution in [0.15, 0.2) is 46.6 Å². The van der Waals surface area contributed by atoms with Crippen LogP contribution in [0.25, 0.3) is 11.4 Å². The Hall–Kier alpha value is -2.47. The number of hydrogen-bond acceptors (Lipinski definition) is 5. The molecule has 6 nitrogen and oxygen atoms in total. The van der Waals surface area contributed by atoms with Gasteiger partial charge in [-0.15, -0.1) is 0 Å². The van der Waals surface area contributed by atoms with E-state index in [0.29, 0.717) is 24.0 Å². The van der Waals surface area contributed by atoms with E-state index >= 15 is 0 Å². The number of rotatable bonds is 6. The molecule has 0 aliphatic carbocycles. The number of amides is 1. The average molecular weight is 380 g/mol. The van der Waals surface area contributed by atoms with Gasteiger partial charge < -0.3 is 14.7 Å². The van der Waals surface area contributed by atoms with E-state index in [9.17, 15) is 4.79 Å². The van der Waals surface area contributed by atoms with Crippen molar-refractivity contribution in [3.63, 3.8) is 0 Å². The van der Waals surface area contributed by atoms with Gasteiger partial charge in [0.15, 0.2) is 5.76 Å². The minimum atomic E-state index is -0.348. The summed E-state index contributed by atoms with van der Waals surface area (Å²) in [4.78, 5) is 19.6. The molecule has 1 amide bonds. The number of allylic oxidation sites excluding steroid dienone is 2. The maximum Gasteiger partial charge on any atom is 0.230 e. The Kier molecular flexibility index (Phi) is 5.06. The van der Waals surface area contributed by atoms with Crippen LogP contribution in [-0.2, 0) is 11.3 Å². The molecule has 2 fully saturated rings. The largest absolute Gasteiger partial charge is 0.359 e. The van der Waals surface area contributed by atoms with Crippen molar-refractivity contribution in [2.75, 3.05) is 7.05 Å². The first kappa shape index (κ1) is 18.9. The lowest BCUT2D eigenvalue weighted by Gasteiger charge is -2.37. The van der Waals surface area contributed by atoms with Crippen LogP contribution < -0.4 is 5.32 Å². The van der Waals surface area contributed by atoms with Gasteiger partial charge in [-0.05, 0) is 51.7 Å². The van der Waals surface area contributed by atoms with Gasteiger partial charge in [-0.3, -0.25) is 9.78 Å². The van der Waals surface area contributed by atoms with Crippen molar-refractivity contribution in [1.82, 2.24) is 20.4 Å². The monoisotopic (exact) mass is 380 g/mol. The molecule has 4 heterocycles. The molecular weight excluding hydrogens is 352 g/mol. The Morgan fingerprint density at radius 2 is 2.21 bits per heavy atom. The summed E-state index contributed by atoms with van der Waals surface area (Å²) in [5, 5.41) is 7.76. The van der Waals surface area contributed by atoms with E-state index < -0.39 is 0 Å². The number of hydrogen-bond donors (Lipinski definition) is 1. The lowest BCUT2D eigenvalue weighted by Crippen LogP contribution is -2.48. The van der Waals surface area contributed by atoms with Crippen LogP contribution in [0.5, 0.6) is 0 Å². The highest BCUT2D eigenvalue weighted by Crippen LogP contribution is 2.47. The van der Waals surface area contributed by atoms with E-state index in [1.807, 2.05) is 31.3 Å². The minimum Gasteiger partial charge on any atom is -0.359 e. The summed E-state index contributed by atoms with van der Waals surface area (Å²) in [6.45, 7) is 4.60. The van der Waals surface area contributed by atoms with Crippen molar-refractivity contribution in [3.05, 3.63) is 47.9 Å². The van der Waals surface area contributed by atoms with Gasteiger partial charge in [-0.2, -0.15) is 0 Å². The molecule has 0 aromatic carbocycles. The molecule has 3 atom stereocenters. The second kappa shape index (κ2) is 7.51. The zero-order valence-electron chi connectivity index (χ0n) is 16.8. The molecule has 0 unspecified atom stereocenters. The zero-order chi connectivity index (χ0) is 19.7. The molecular formula is C22H28N4O2. The Morgan fingerprint density at radius 3 is 2.86 bits per heavy atom. The van der Waals surface area contributed by atoms with Crippen molar-refractivity contribution >= 4 is 5.91 Å². The molecule has 2 saturated heterocycles. The van der Waals surface area contributed by atoms with Gasteiger partial charge >= 0.3 is 0 Å². The fourth-order valence-corrected chi connectivity index (χ4v) is 4.64. The number of fused-ring (bicyclic) bond motifs is 2. The molecule has 0 saturated carbocycles. The molecule has 2 aliphatic heterocycles. The van der Waals surface area contributed by atoms with E-state index in [1.54, 1.807) is 11.1 Å². The van der Waals surface area contributed by atoms with Crippen LogP contribution in [-0.4, -0.2) is 40.1 Å². The highest BCUT2D eigenvalue weighted by molar-refractivity contribution is 5.84. The van der Waals surface area contributed by atoms with E-state index in [-0.39, 0.29) is 17.4 Å². The smallest absolute Gasteiger partial charge is 0.230 e. The highest BCUT2D eigenvalue weighted by Gasteiger charge is 2.55. The summed E-state index contributed by atoms with van der Waals surface area (Å²) in [7, 11) is 1.86. The highest BCUT2D eigenvalue weighted by atomic mass is 16.5. The van der Waals surface area contributed by atoms with Crippen molar-refractivity contribution < 1.29 is 9.32 Å². The van der Waals surface area contributed by atoms with Gasteiger partial charge in [-0.25, -0.2) is 0 Å². The quantitative estimate of drug-likeness (QED) is 0.776. The number of aromatic nitrogens is 2. The topological polar surface area (TPSA) is 71.3 Å². The van der Waals surface area contributed by atoms with Crippen LogP contribution in [0.2, 0.25) is 0 Å². The fraction of sp³-hybridized carbons (Fsp3) is 0.500. The van der Waals surface area contributed by atoms with Crippen LogP contribution in [0.1, 0.15) is 45.3 Å². The normalized spacial score (nSPS) is 25.7. The molecule has 2 aliphatic rings. The van der Waals surface area contributed by atoms with Crippen molar-refractivity contribution in [3.8, 4) is 11.4 Å². The Labute approximate surface area is 166 Å². The number of pyridine rings is 1. The molecule has 0 radical (unpaired) electrons. The molecule has 2 aromatic heterocycles. The summed E-state index contributed by atoms with van der Waals surface area (Å²) in [6, 6.07) is 8.28. The molecule has 1 N–H and O–H groups in total. The molecule has 148 valence electrons. The average Bonchev–Trinajstić information content (AvgIpc) is 3.43. The van der Waals surface area contributed by atoms with Crippen LogP contribution in [0.4, 0.5) is 0 Å². The Balaban J connectivity index is 1.50. The molecule has 4 rings (SSSR count). The van der Waals surface area contributed by atoms with Crippen LogP contribution >= 0.6 is 0 Å². The summed E-state index contributed by atoms with van der Waals surface area (Å²) in [5.41, 5.74) is 2.37. The molecule has 28 heavy (non-hydrogen) atoms. The van der Waals surface area contributed by atoms with E-state index in [1.165, 1.54) is 12.0 Å². The van der Waals surface area contributed by atoms with Gasteiger partial charge in [-0.1, -0.05) is 22.9 Å². The minimum absolute atomic E-state index is 0.195. The number of carbonyl (C=O) groups is 1.